The number of nitrogens with two attached hydrogens (primary N) is 1. The van der Waals surface area contributed by atoms with E-state index in [2.05, 4.69) is 62.5 Å². The number of unbranched alkanes of at least 4 members (excludes halogenated alkanes) is 35. The Morgan fingerprint density at radius 1 is 0.443 bits per heavy atom. The standard InChI is InChI=1S/C60H112NO8P/c1-3-5-7-9-11-13-15-17-19-21-23-24-25-26-27-28-29-30-31-32-33-34-35-37-39-41-43-45-47-49-51-53-60(63)69-58(57-68-70(64,65)67-55-54-61)56-66-59(62)52-50-48-46-44-42-40-38-36-22-20-18-16-14-12-10-8-6-4-2/h5,7,11,13,17,19,23-24,58H,3-4,6,8-10,12,14-16,18,20-22,25-57,61H2,1-2H3,(H,64,65)/b7-5-,13-11-,19-17-,24-23-. The van der Waals surface area contributed by atoms with Gasteiger partial charge in [0.15, 0.2) is 6.10 Å². The molecule has 410 valence electrons. The van der Waals surface area contributed by atoms with Crippen LogP contribution >= 0.6 is 7.82 Å². The van der Waals surface area contributed by atoms with Gasteiger partial charge in [0.1, 0.15) is 6.61 Å². The van der Waals surface area contributed by atoms with Crippen LogP contribution in [0.25, 0.3) is 0 Å². The van der Waals surface area contributed by atoms with Crippen LogP contribution in [0, 0.1) is 0 Å². The Kier molecular flexibility index (Phi) is 54.6. The Morgan fingerprint density at radius 2 is 0.786 bits per heavy atom. The van der Waals surface area contributed by atoms with Crippen LogP contribution in [-0.2, 0) is 32.7 Å². The van der Waals surface area contributed by atoms with Crippen LogP contribution < -0.4 is 5.73 Å². The summed E-state index contributed by atoms with van der Waals surface area (Å²) in [4.78, 5) is 35.2. The molecule has 0 radical (unpaired) electrons. The summed E-state index contributed by atoms with van der Waals surface area (Å²) in [5, 5.41) is 0. The van der Waals surface area contributed by atoms with E-state index < -0.39 is 26.5 Å². The number of rotatable bonds is 56. The Hall–Kier alpha value is -2.03. The van der Waals surface area contributed by atoms with E-state index in [1.165, 1.54) is 199 Å². The highest BCUT2D eigenvalue weighted by molar-refractivity contribution is 7.47. The number of esters is 2. The monoisotopic (exact) mass is 1010 g/mol. The fourth-order valence-electron chi connectivity index (χ4n) is 8.63. The molecule has 0 fully saturated rings. The molecule has 9 nitrogen and oxygen atoms in total. The van der Waals surface area contributed by atoms with Gasteiger partial charge in [0.25, 0.3) is 0 Å². The minimum atomic E-state index is -4.38. The van der Waals surface area contributed by atoms with E-state index >= 15 is 0 Å². The van der Waals surface area contributed by atoms with Gasteiger partial charge in [0, 0.05) is 19.4 Å². The summed E-state index contributed by atoms with van der Waals surface area (Å²) in [6, 6.07) is 0. The second-order valence-corrected chi connectivity index (χ2v) is 21.3. The third kappa shape index (κ3) is 55.3. The molecule has 0 aromatic heterocycles. The molecule has 0 aliphatic rings. The first-order valence-electron chi connectivity index (χ1n) is 29.6. The van der Waals surface area contributed by atoms with Crippen LogP contribution in [0.3, 0.4) is 0 Å². The lowest BCUT2D eigenvalue weighted by Gasteiger charge is -2.19. The van der Waals surface area contributed by atoms with Crippen LogP contribution in [-0.4, -0.2) is 49.3 Å². The number of carbonyl (C=O) groups is 2. The maximum atomic E-state index is 12.7. The van der Waals surface area contributed by atoms with Gasteiger partial charge >= 0.3 is 19.8 Å². The Labute approximate surface area is 432 Å². The fourth-order valence-corrected chi connectivity index (χ4v) is 9.40. The largest absolute Gasteiger partial charge is 0.472 e. The van der Waals surface area contributed by atoms with Gasteiger partial charge in [-0.05, 0) is 51.4 Å². The zero-order chi connectivity index (χ0) is 51.0. The molecule has 0 aromatic rings. The molecule has 0 saturated carbocycles. The van der Waals surface area contributed by atoms with Crippen molar-refractivity contribution in [2.24, 2.45) is 5.73 Å². The molecule has 0 heterocycles. The van der Waals surface area contributed by atoms with Crippen molar-refractivity contribution < 1.29 is 37.6 Å². The molecule has 0 bridgehead atoms. The predicted molar refractivity (Wildman–Crippen MR) is 298 cm³/mol. The molecular weight excluding hydrogens is 894 g/mol. The van der Waals surface area contributed by atoms with Gasteiger partial charge < -0.3 is 20.1 Å². The van der Waals surface area contributed by atoms with Crippen molar-refractivity contribution >= 4 is 19.8 Å². The summed E-state index contributed by atoms with van der Waals surface area (Å²) in [6.07, 6.45) is 68.9. The van der Waals surface area contributed by atoms with Crippen molar-refractivity contribution in [2.75, 3.05) is 26.4 Å². The lowest BCUT2D eigenvalue weighted by Crippen LogP contribution is -2.29. The first kappa shape index (κ1) is 68.0. The van der Waals surface area contributed by atoms with Crippen LogP contribution in [0.2, 0.25) is 0 Å². The third-order valence-corrected chi connectivity index (χ3v) is 14.0. The van der Waals surface area contributed by atoms with Crippen molar-refractivity contribution in [1.82, 2.24) is 0 Å². The Morgan fingerprint density at radius 3 is 1.17 bits per heavy atom. The molecule has 0 aromatic carbocycles. The van der Waals surface area contributed by atoms with Gasteiger partial charge in [-0.2, -0.15) is 0 Å². The lowest BCUT2D eigenvalue weighted by molar-refractivity contribution is -0.161. The second-order valence-electron chi connectivity index (χ2n) is 19.8. The van der Waals surface area contributed by atoms with E-state index in [9.17, 15) is 19.0 Å². The van der Waals surface area contributed by atoms with E-state index in [0.717, 1.165) is 57.8 Å². The number of allylic oxidation sites excluding steroid dienone is 8. The molecule has 2 unspecified atom stereocenters. The molecule has 3 N–H and O–H groups in total. The SMILES string of the molecule is CC/C=C\C/C=C\C/C=C\C/C=C\CCCCCCCCCCCCCCCCCCCCC(=O)OC(COC(=O)CCCCCCCCCCCCCCCCCCCC)COP(=O)(O)OCCN. The second kappa shape index (κ2) is 56.3. The molecule has 2 atom stereocenters. The molecule has 0 saturated heterocycles. The minimum Gasteiger partial charge on any atom is -0.462 e. The summed E-state index contributed by atoms with van der Waals surface area (Å²) in [7, 11) is -4.38. The molecule has 0 rings (SSSR count). The zero-order valence-electron chi connectivity index (χ0n) is 45.8. The van der Waals surface area contributed by atoms with Crippen LogP contribution in [0.5, 0.6) is 0 Å². The van der Waals surface area contributed by atoms with Crippen molar-refractivity contribution in [1.29, 1.82) is 0 Å². The molecule has 0 spiro atoms. The third-order valence-electron chi connectivity index (χ3n) is 13.0. The van der Waals surface area contributed by atoms with Crippen molar-refractivity contribution in [2.45, 2.75) is 296 Å². The number of hydrogen-bond donors (Lipinski definition) is 2. The summed E-state index contributed by atoms with van der Waals surface area (Å²) < 4.78 is 33.1. The lowest BCUT2D eigenvalue weighted by atomic mass is 10.0. The van der Waals surface area contributed by atoms with Gasteiger partial charge in [-0.3, -0.25) is 18.6 Å². The van der Waals surface area contributed by atoms with E-state index in [0.29, 0.717) is 6.42 Å². The quantitative estimate of drug-likeness (QED) is 0.0264. The van der Waals surface area contributed by atoms with Crippen molar-refractivity contribution in [3.63, 3.8) is 0 Å². The van der Waals surface area contributed by atoms with Crippen LogP contribution in [0.1, 0.15) is 290 Å². The van der Waals surface area contributed by atoms with Gasteiger partial charge in [-0.25, -0.2) is 4.57 Å². The Balaban J connectivity index is 3.89. The smallest absolute Gasteiger partial charge is 0.462 e. The number of phosphoric ester groups is 1. The average molecular weight is 1010 g/mol. The molecule has 70 heavy (non-hydrogen) atoms. The molecule has 0 aliphatic carbocycles. The summed E-state index contributed by atoms with van der Waals surface area (Å²) in [5.74, 6) is -0.811. The molecule has 0 amide bonds. The highest BCUT2D eigenvalue weighted by Crippen LogP contribution is 2.43. The number of phosphoric acid groups is 1. The summed E-state index contributed by atoms with van der Waals surface area (Å²) in [5.41, 5.74) is 5.38. The minimum absolute atomic E-state index is 0.0553. The normalized spacial score (nSPS) is 13.4. The van der Waals surface area contributed by atoms with Crippen molar-refractivity contribution in [3.05, 3.63) is 48.6 Å². The van der Waals surface area contributed by atoms with Crippen LogP contribution in [0.15, 0.2) is 48.6 Å². The van der Waals surface area contributed by atoms with Gasteiger partial charge in [-0.1, -0.05) is 274 Å². The van der Waals surface area contributed by atoms with E-state index in [-0.39, 0.29) is 38.6 Å². The summed E-state index contributed by atoms with van der Waals surface area (Å²) >= 11 is 0. The predicted octanol–water partition coefficient (Wildman–Crippen LogP) is 18.6. The van der Waals surface area contributed by atoms with Crippen molar-refractivity contribution in [3.8, 4) is 0 Å². The molecule has 0 aliphatic heterocycles. The molecule has 10 heteroatoms. The van der Waals surface area contributed by atoms with Crippen LogP contribution in [0.4, 0.5) is 0 Å². The number of hydrogen-bond acceptors (Lipinski definition) is 8. The highest BCUT2D eigenvalue weighted by atomic mass is 31.2. The zero-order valence-corrected chi connectivity index (χ0v) is 46.7. The maximum Gasteiger partial charge on any atom is 0.472 e. The van der Waals surface area contributed by atoms with E-state index in [1.54, 1.807) is 0 Å². The van der Waals surface area contributed by atoms with E-state index in [4.69, 9.17) is 24.3 Å². The molecular formula is C60H112NO8P. The number of carbonyl (C=O) groups excluding carboxylic acids is 2. The Bertz CT molecular complexity index is 1280. The first-order chi connectivity index (χ1) is 34.3. The summed E-state index contributed by atoms with van der Waals surface area (Å²) in [6.45, 7) is 3.68. The number of ether oxygens (including phenoxy) is 2. The topological polar surface area (TPSA) is 134 Å². The van der Waals surface area contributed by atoms with E-state index in [1.807, 2.05) is 0 Å². The first-order valence-corrected chi connectivity index (χ1v) is 31.1. The fraction of sp³-hybridized carbons (Fsp3) is 0.833. The average Bonchev–Trinajstić information content (AvgIpc) is 3.35. The van der Waals surface area contributed by atoms with Gasteiger partial charge in [0.05, 0.1) is 13.2 Å². The van der Waals surface area contributed by atoms with Gasteiger partial charge in [0.2, 0.25) is 0 Å². The van der Waals surface area contributed by atoms with Gasteiger partial charge in [-0.15, -0.1) is 0 Å². The maximum absolute atomic E-state index is 12.7. The highest BCUT2D eigenvalue weighted by Gasteiger charge is 2.26.